The second kappa shape index (κ2) is 7.99. The minimum atomic E-state index is -0.792. The van der Waals surface area contributed by atoms with Crippen LogP contribution in [0.4, 0.5) is 0 Å². The molecule has 1 amide bonds. The summed E-state index contributed by atoms with van der Waals surface area (Å²) < 4.78 is 5.29. The van der Waals surface area contributed by atoms with E-state index in [0.717, 1.165) is 37.0 Å². The molecule has 0 spiro atoms. The third-order valence-corrected chi connectivity index (χ3v) is 4.62. The van der Waals surface area contributed by atoms with Crippen LogP contribution in [0.15, 0.2) is 24.3 Å². The molecule has 2 rings (SSSR count). The summed E-state index contributed by atoms with van der Waals surface area (Å²) in [5.74, 6) is 0.0292. The first-order chi connectivity index (χ1) is 11.1. The molecular formula is C18H25NO4. The monoisotopic (exact) mass is 319 g/mol. The lowest BCUT2D eigenvalue weighted by Gasteiger charge is -2.28. The van der Waals surface area contributed by atoms with E-state index in [1.54, 1.807) is 7.11 Å². The quantitative estimate of drug-likeness (QED) is 0.722. The zero-order valence-electron chi connectivity index (χ0n) is 13.6. The van der Waals surface area contributed by atoms with Crippen molar-refractivity contribution in [1.82, 2.24) is 5.32 Å². The van der Waals surface area contributed by atoms with E-state index >= 15 is 0 Å². The van der Waals surface area contributed by atoms with E-state index in [1.807, 2.05) is 24.3 Å². The third kappa shape index (κ3) is 4.24. The van der Waals surface area contributed by atoms with Gasteiger partial charge < -0.3 is 15.2 Å². The lowest BCUT2D eigenvalue weighted by atomic mass is 9.78. The first-order valence-electron chi connectivity index (χ1n) is 8.23. The number of carbonyl (C=O) groups excluding carboxylic acids is 1. The Morgan fingerprint density at radius 1 is 1.26 bits per heavy atom. The van der Waals surface area contributed by atoms with Gasteiger partial charge in [-0.3, -0.25) is 9.59 Å². The molecule has 126 valence electrons. The molecule has 1 aromatic rings. The van der Waals surface area contributed by atoms with E-state index in [9.17, 15) is 9.59 Å². The van der Waals surface area contributed by atoms with Gasteiger partial charge in [-0.25, -0.2) is 0 Å². The van der Waals surface area contributed by atoms with Gasteiger partial charge in [0.2, 0.25) is 5.91 Å². The van der Waals surface area contributed by atoms with Crippen LogP contribution in [0, 0.1) is 0 Å². The molecule has 0 radical (unpaired) electrons. The van der Waals surface area contributed by atoms with Gasteiger partial charge in [-0.1, -0.05) is 25.0 Å². The molecule has 0 aliphatic heterocycles. The van der Waals surface area contributed by atoms with Crippen molar-refractivity contribution in [2.24, 2.45) is 0 Å². The van der Waals surface area contributed by atoms with Gasteiger partial charge >= 0.3 is 5.97 Å². The Hall–Kier alpha value is -2.04. The van der Waals surface area contributed by atoms with Crippen molar-refractivity contribution in [2.45, 2.75) is 50.4 Å². The third-order valence-electron chi connectivity index (χ3n) is 4.62. The summed E-state index contributed by atoms with van der Waals surface area (Å²) in [6.45, 7) is 0.526. The summed E-state index contributed by atoms with van der Waals surface area (Å²) in [6.07, 6.45) is 5.21. The molecule has 2 N–H and O–H groups in total. The molecule has 1 aliphatic carbocycles. The van der Waals surface area contributed by atoms with Gasteiger partial charge in [0.05, 0.1) is 12.5 Å². The van der Waals surface area contributed by atoms with Gasteiger partial charge in [-0.05, 0) is 43.4 Å². The highest BCUT2D eigenvalue weighted by atomic mass is 16.5. The summed E-state index contributed by atoms with van der Waals surface area (Å²) in [7, 11) is 1.63. The molecular weight excluding hydrogens is 294 g/mol. The highest BCUT2D eigenvalue weighted by molar-refractivity contribution is 5.88. The van der Waals surface area contributed by atoms with E-state index in [1.165, 1.54) is 0 Å². The average molecular weight is 319 g/mol. The van der Waals surface area contributed by atoms with E-state index in [2.05, 4.69) is 5.32 Å². The first kappa shape index (κ1) is 17.3. The predicted molar refractivity (Wildman–Crippen MR) is 87.6 cm³/mol. The Bertz CT molecular complexity index is 550. The van der Waals surface area contributed by atoms with Crippen LogP contribution >= 0.6 is 0 Å². The minimum Gasteiger partial charge on any atom is -0.497 e. The second-order valence-electron chi connectivity index (χ2n) is 6.13. The molecule has 0 aromatic heterocycles. The molecule has 1 aliphatic rings. The summed E-state index contributed by atoms with van der Waals surface area (Å²) in [5, 5.41) is 11.6. The average Bonchev–Trinajstić information content (AvgIpc) is 3.05. The van der Waals surface area contributed by atoms with Crippen molar-refractivity contribution < 1.29 is 19.4 Å². The number of rotatable bonds is 8. The number of unbranched alkanes of at least 4 members (excludes halogenated alkanes) is 1. The van der Waals surface area contributed by atoms with Crippen molar-refractivity contribution in [2.75, 3.05) is 13.7 Å². The van der Waals surface area contributed by atoms with Crippen molar-refractivity contribution in [3.8, 4) is 5.75 Å². The Morgan fingerprint density at radius 3 is 2.65 bits per heavy atom. The first-order valence-corrected chi connectivity index (χ1v) is 8.23. The maximum absolute atomic E-state index is 12.8. The molecule has 1 saturated carbocycles. The van der Waals surface area contributed by atoms with Gasteiger partial charge in [0.15, 0.2) is 0 Å². The maximum Gasteiger partial charge on any atom is 0.303 e. The Morgan fingerprint density at radius 2 is 2.00 bits per heavy atom. The molecule has 0 atom stereocenters. The summed E-state index contributed by atoms with van der Waals surface area (Å²) in [5.41, 5.74) is 0.541. The summed E-state index contributed by atoms with van der Waals surface area (Å²) in [4.78, 5) is 23.3. The predicted octanol–water partition coefficient (Wildman–Crippen LogP) is 2.88. The highest BCUT2D eigenvalue weighted by Crippen LogP contribution is 2.42. The van der Waals surface area contributed by atoms with E-state index in [4.69, 9.17) is 9.84 Å². The minimum absolute atomic E-state index is 0.0542. The molecule has 0 bridgehead atoms. The van der Waals surface area contributed by atoms with Crippen molar-refractivity contribution in [3.05, 3.63) is 29.8 Å². The van der Waals surface area contributed by atoms with Crippen molar-refractivity contribution in [3.63, 3.8) is 0 Å². The molecule has 1 fully saturated rings. The summed E-state index contributed by atoms with van der Waals surface area (Å²) >= 11 is 0. The van der Waals surface area contributed by atoms with Gasteiger partial charge in [0, 0.05) is 13.0 Å². The van der Waals surface area contributed by atoms with E-state index in [0.29, 0.717) is 19.4 Å². The molecule has 1 aromatic carbocycles. The normalized spacial score (nSPS) is 16.0. The Kier molecular flexibility index (Phi) is 6.02. The SMILES string of the molecule is COc1cccc(C2(C(=O)NCCCCC(=O)O)CCCC2)c1. The number of carboxylic acid groups (broad SMARTS) is 1. The smallest absolute Gasteiger partial charge is 0.303 e. The number of hydrogen-bond acceptors (Lipinski definition) is 3. The van der Waals surface area contributed by atoms with Crippen molar-refractivity contribution in [1.29, 1.82) is 0 Å². The van der Waals surface area contributed by atoms with Crippen LogP contribution < -0.4 is 10.1 Å². The van der Waals surface area contributed by atoms with E-state index < -0.39 is 11.4 Å². The lowest BCUT2D eigenvalue weighted by Crippen LogP contribution is -2.43. The second-order valence-corrected chi connectivity index (χ2v) is 6.13. The van der Waals surface area contributed by atoms with Crippen LogP contribution in [-0.4, -0.2) is 30.6 Å². The van der Waals surface area contributed by atoms with Crippen LogP contribution in [0.25, 0.3) is 0 Å². The number of carbonyl (C=O) groups is 2. The number of benzene rings is 1. The molecule has 23 heavy (non-hydrogen) atoms. The Balaban J connectivity index is 2.02. The van der Waals surface area contributed by atoms with Gasteiger partial charge in [-0.15, -0.1) is 0 Å². The number of aliphatic carboxylic acids is 1. The lowest BCUT2D eigenvalue weighted by molar-refractivity contribution is -0.137. The molecule has 0 saturated heterocycles. The van der Waals surface area contributed by atoms with Crippen LogP contribution in [0.3, 0.4) is 0 Å². The number of hydrogen-bond donors (Lipinski definition) is 2. The Labute approximate surface area is 137 Å². The summed E-state index contributed by atoms with van der Waals surface area (Å²) in [6, 6.07) is 7.76. The standard InChI is InChI=1S/C18H25NO4/c1-23-15-8-6-7-14(13-15)18(10-3-4-11-18)17(22)19-12-5-2-9-16(20)21/h6-8,13H,2-5,9-12H2,1H3,(H,19,22)(H,20,21). The van der Waals surface area contributed by atoms with Crippen LogP contribution in [0.5, 0.6) is 5.75 Å². The van der Waals surface area contributed by atoms with Crippen LogP contribution in [0.2, 0.25) is 0 Å². The van der Waals surface area contributed by atoms with Crippen LogP contribution in [0.1, 0.15) is 50.5 Å². The van der Waals surface area contributed by atoms with Gasteiger partial charge in [0.25, 0.3) is 0 Å². The molecule has 5 heteroatoms. The zero-order valence-corrected chi connectivity index (χ0v) is 13.6. The highest BCUT2D eigenvalue weighted by Gasteiger charge is 2.42. The zero-order chi connectivity index (χ0) is 16.7. The van der Waals surface area contributed by atoms with Gasteiger partial charge in [0.1, 0.15) is 5.75 Å². The number of ether oxygens (including phenoxy) is 1. The number of nitrogens with one attached hydrogen (secondary N) is 1. The van der Waals surface area contributed by atoms with E-state index in [-0.39, 0.29) is 12.3 Å². The fraction of sp³-hybridized carbons (Fsp3) is 0.556. The fourth-order valence-corrected chi connectivity index (χ4v) is 3.32. The largest absolute Gasteiger partial charge is 0.497 e. The number of amides is 1. The van der Waals surface area contributed by atoms with Crippen LogP contribution in [-0.2, 0) is 15.0 Å². The molecule has 5 nitrogen and oxygen atoms in total. The molecule has 0 unspecified atom stereocenters. The van der Waals surface area contributed by atoms with Gasteiger partial charge in [-0.2, -0.15) is 0 Å². The maximum atomic E-state index is 12.8. The molecule has 0 heterocycles. The topological polar surface area (TPSA) is 75.6 Å². The number of carboxylic acids is 1. The fourth-order valence-electron chi connectivity index (χ4n) is 3.32. The number of methoxy groups -OCH3 is 1. The van der Waals surface area contributed by atoms with Crippen molar-refractivity contribution >= 4 is 11.9 Å².